The molecule has 0 atom stereocenters. The molecule has 18 heavy (non-hydrogen) atoms. The predicted molar refractivity (Wildman–Crippen MR) is 76.8 cm³/mol. The van der Waals surface area contributed by atoms with E-state index in [0.29, 0.717) is 4.99 Å². The van der Waals surface area contributed by atoms with Crippen LogP contribution < -0.4 is 10.6 Å². The van der Waals surface area contributed by atoms with Crippen LogP contribution in [0.1, 0.15) is 5.56 Å². The van der Waals surface area contributed by atoms with Crippen LogP contribution in [0.3, 0.4) is 0 Å². The highest BCUT2D eigenvalue weighted by Gasteiger charge is 2.10. The molecule has 0 heterocycles. The smallest absolute Gasteiger partial charge is 0.125 e. The molecule has 0 aliphatic rings. The number of rotatable bonds is 3. The van der Waals surface area contributed by atoms with Gasteiger partial charge in [-0.05, 0) is 30.3 Å². The van der Waals surface area contributed by atoms with Gasteiger partial charge in [0, 0.05) is 18.3 Å². The number of nitrogens with two attached hydrogens (primary N) is 1. The van der Waals surface area contributed by atoms with Crippen LogP contribution in [0.2, 0.25) is 0 Å². The van der Waals surface area contributed by atoms with Crippen molar-refractivity contribution in [3.8, 4) is 0 Å². The van der Waals surface area contributed by atoms with Crippen molar-refractivity contribution in [3.05, 3.63) is 59.9 Å². The SMILES string of the molecule is CN(c1cccc(F)c1)c1ccccc1C(N)=S. The summed E-state index contributed by atoms with van der Waals surface area (Å²) in [6.45, 7) is 0. The Bertz CT molecular complexity index is 584. The molecule has 0 amide bonds. The van der Waals surface area contributed by atoms with Gasteiger partial charge in [0.2, 0.25) is 0 Å². The van der Waals surface area contributed by atoms with Crippen molar-refractivity contribution in [2.45, 2.75) is 0 Å². The molecule has 2 aromatic rings. The van der Waals surface area contributed by atoms with E-state index >= 15 is 0 Å². The van der Waals surface area contributed by atoms with Gasteiger partial charge < -0.3 is 10.6 Å². The summed E-state index contributed by atoms with van der Waals surface area (Å²) in [5.74, 6) is -0.271. The fourth-order valence-corrected chi connectivity index (χ4v) is 1.97. The fourth-order valence-electron chi connectivity index (χ4n) is 1.80. The minimum atomic E-state index is -0.271. The molecule has 2 nitrogen and oxygen atoms in total. The summed E-state index contributed by atoms with van der Waals surface area (Å²) < 4.78 is 13.2. The average molecular weight is 260 g/mol. The Morgan fingerprint density at radius 2 is 1.89 bits per heavy atom. The van der Waals surface area contributed by atoms with E-state index in [1.54, 1.807) is 6.07 Å². The Kier molecular flexibility index (Phi) is 3.58. The highest BCUT2D eigenvalue weighted by atomic mass is 32.1. The second-order valence-electron chi connectivity index (χ2n) is 3.92. The van der Waals surface area contributed by atoms with Gasteiger partial charge in [-0.2, -0.15) is 0 Å². The number of halogens is 1. The van der Waals surface area contributed by atoms with Crippen molar-refractivity contribution in [1.29, 1.82) is 0 Å². The number of para-hydroxylation sites is 1. The number of thiocarbonyl (C=S) groups is 1. The van der Waals surface area contributed by atoms with Crippen molar-refractivity contribution in [2.75, 3.05) is 11.9 Å². The number of hydrogen-bond acceptors (Lipinski definition) is 2. The second-order valence-corrected chi connectivity index (χ2v) is 4.36. The monoisotopic (exact) mass is 260 g/mol. The third-order valence-electron chi connectivity index (χ3n) is 2.73. The molecular weight excluding hydrogens is 247 g/mol. The third-order valence-corrected chi connectivity index (χ3v) is 2.95. The molecule has 0 fully saturated rings. The summed E-state index contributed by atoms with van der Waals surface area (Å²) in [6, 6.07) is 13.9. The lowest BCUT2D eigenvalue weighted by molar-refractivity contribution is 0.628. The zero-order valence-electron chi connectivity index (χ0n) is 9.93. The lowest BCUT2D eigenvalue weighted by atomic mass is 10.1. The molecule has 92 valence electrons. The molecule has 2 aromatic carbocycles. The minimum absolute atomic E-state index is 0.271. The molecule has 0 aliphatic carbocycles. The Morgan fingerprint density at radius 3 is 2.56 bits per heavy atom. The molecule has 2 rings (SSSR count). The average Bonchev–Trinajstić information content (AvgIpc) is 2.38. The summed E-state index contributed by atoms with van der Waals surface area (Å²) in [4.78, 5) is 2.19. The van der Waals surface area contributed by atoms with Crippen LogP contribution in [0, 0.1) is 5.82 Å². The van der Waals surface area contributed by atoms with Crippen LogP contribution in [0.5, 0.6) is 0 Å². The number of benzene rings is 2. The van der Waals surface area contributed by atoms with E-state index in [1.165, 1.54) is 12.1 Å². The Morgan fingerprint density at radius 1 is 1.17 bits per heavy atom. The summed E-state index contributed by atoms with van der Waals surface area (Å²) in [5, 5.41) is 0. The fraction of sp³-hybridized carbons (Fsp3) is 0.0714. The quantitative estimate of drug-likeness (QED) is 0.859. The normalized spacial score (nSPS) is 10.1. The summed E-state index contributed by atoms with van der Waals surface area (Å²) in [6.07, 6.45) is 0. The van der Waals surface area contributed by atoms with Gasteiger partial charge in [0.25, 0.3) is 0 Å². The maximum absolute atomic E-state index is 13.2. The van der Waals surface area contributed by atoms with E-state index in [0.717, 1.165) is 16.9 Å². The van der Waals surface area contributed by atoms with Gasteiger partial charge in [0.1, 0.15) is 10.8 Å². The van der Waals surface area contributed by atoms with Crippen LogP contribution in [0.15, 0.2) is 48.5 Å². The first kappa shape index (κ1) is 12.5. The standard InChI is InChI=1S/C14H13FN2S/c1-17(11-6-4-5-10(15)9-11)13-8-3-2-7-12(13)14(16)18/h2-9H,1H3,(H2,16,18). The zero-order chi connectivity index (χ0) is 13.1. The van der Waals surface area contributed by atoms with Gasteiger partial charge in [-0.25, -0.2) is 4.39 Å². The maximum Gasteiger partial charge on any atom is 0.125 e. The van der Waals surface area contributed by atoms with Gasteiger partial charge in [0.05, 0.1) is 5.69 Å². The topological polar surface area (TPSA) is 29.3 Å². The molecule has 0 bridgehead atoms. The maximum atomic E-state index is 13.2. The van der Waals surface area contributed by atoms with Gasteiger partial charge in [-0.3, -0.25) is 0 Å². The van der Waals surface area contributed by atoms with Crippen LogP contribution in [-0.4, -0.2) is 12.0 Å². The molecule has 0 radical (unpaired) electrons. The highest BCUT2D eigenvalue weighted by Crippen LogP contribution is 2.27. The van der Waals surface area contributed by atoms with Crippen molar-refractivity contribution in [1.82, 2.24) is 0 Å². The van der Waals surface area contributed by atoms with Crippen LogP contribution in [0.4, 0.5) is 15.8 Å². The van der Waals surface area contributed by atoms with Crippen LogP contribution >= 0.6 is 12.2 Å². The number of anilines is 2. The molecule has 0 aliphatic heterocycles. The van der Waals surface area contributed by atoms with Crippen LogP contribution in [0.25, 0.3) is 0 Å². The summed E-state index contributed by atoms with van der Waals surface area (Å²) >= 11 is 5.02. The first-order chi connectivity index (χ1) is 8.59. The predicted octanol–water partition coefficient (Wildman–Crippen LogP) is 3.23. The number of nitrogens with zero attached hydrogens (tertiary/aromatic N) is 1. The molecular formula is C14H13FN2S. The van der Waals surface area contributed by atoms with E-state index in [9.17, 15) is 4.39 Å². The summed E-state index contributed by atoms with van der Waals surface area (Å²) in [5.41, 5.74) is 8.07. The van der Waals surface area contributed by atoms with E-state index in [-0.39, 0.29) is 5.82 Å². The van der Waals surface area contributed by atoms with Crippen molar-refractivity contribution >= 4 is 28.6 Å². The van der Waals surface area contributed by atoms with Gasteiger partial charge >= 0.3 is 0 Å². The molecule has 0 spiro atoms. The van der Waals surface area contributed by atoms with Gasteiger partial charge in [-0.1, -0.05) is 30.4 Å². The van der Waals surface area contributed by atoms with E-state index < -0.39 is 0 Å². The Balaban J connectivity index is 2.46. The summed E-state index contributed by atoms with van der Waals surface area (Å²) in [7, 11) is 1.85. The molecule has 0 unspecified atom stereocenters. The first-order valence-electron chi connectivity index (χ1n) is 5.47. The van der Waals surface area contributed by atoms with Crippen LogP contribution in [-0.2, 0) is 0 Å². The molecule has 2 N–H and O–H groups in total. The number of hydrogen-bond donors (Lipinski definition) is 1. The Hall–Kier alpha value is -1.94. The first-order valence-corrected chi connectivity index (χ1v) is 5.88. The Labute approximate surface area is 111 Å². The lowest BCUT2D eigenvalue weighted by Gasteiger charge is -2.22. The molecule has 0 saturated heterocycles. The molecule has 0 saturated carbocycles. The molecule has 0 aromatic heterocycles. The highest BCUT2D eigenvalue weighted by molar-refractivity contribution is 7.80. The zero-order valence-corrected chi connectivity index (χ0v) is 10.7. The van der Waals surface area contributed by atoms with Gasteiger partial charge in [0.15, 0.2) is 0 Å². The van der Waals surface area contributed by atoms with E-state index in [4.69, 9.17) is 18.0 Å². The second kappa shape index (κ2) is 5.14. The van der Waals surface area contributed by atoms with E-state index in [2.05, 4.69) is 0 Å². The van der Waals surface area contributed by atoms with Crippen molar-refractivity contribution in [2.24, 2.45) is 5.73 Å². The lowest BCUT2D eigenvalue weighted by Crippen LogP contribution is -2.17. The van der Waals surface area contributed by atoms with E-state index in [1.807, 2.05) is 42.3 Å². The largest absolute Gasteiger partial charge is 0.389 e. The third kappa shape index (κ3) is 2.49. The van der Waals surface area contributed by atoms with Gasteiger partial charge in [-0.15, -0.1) is 0 Å². The minimum Gasteiger partial charge on any atom is -0.389 e. The van der Waals surface area contributed by atoms with Crippen molar-refractivity contribution in [3.63, 3.8) is 0 Å². The van der Waals surface area contributed by atoms with Crippen molar-refractivity contribution < 1.29 is 4.39 Å². The molecule has 4 heteroatoms.